The van der Waals surface area contributed by atoms with E-state index in [9.17, 15) is 14.0 Å². The van der Waals surface area contributed by atoms with E-state index in [1.165, 1.54) is 19.2 Å². The Balaban J connectivity index is 1.71. The molecule has 0 unspecified atom stereocenters. The number of rotatable bonds is 6. The van der Waals surface area contributed by atoms with Gasteiger partial charge in [-0.3, -0.25) is 5.43 Å². The molecule has 0 fully saturated rings. The van der Waals surface area contributed by atoms with Gasteiger partial charge >= 0.3 is 12.1 Å². The van der Waals surface area contributed by atoms with E-state index >= 15 is 0 Å². The van der Waals surface area contributed by atoms with Gasteiger partial charge in [0.2, 0.25) is 5.90 Å². The summed E-state index contributed by atoms with van der Waals surface area (Å²) in [5.41, 5.74) is 7.42. The van der Waals surface area contributed by atoms with E-state index in [0.717, 1.165) is 11.1 Å². The summed E-state index contributed by atoms with van der Waals surface area (Å²) in [6, 6.07) is 20.3. The number of nitrogens with one attached hydrogen (secondary N) is 2. The number of carbonyl (C=O) groups excluding carboxylic acids is 2. The first-order chi connectivity index (χ1) is 15.9. The summed E-state index contributed by atoms with van der Waals surface area (Å²) in [5, 5.41) is 0. The molecule has 168 valence electrons. The Morgan fingerprint density at radius 1 is 1.03 bits per heavy atom. The zero-order chi connectivity index (χ0) is 23.4. The summed E-state index contributed by atoms with van der Waals surface area (Å²) in [4.78, 5) is 29.3. The highest BCUT2D eigenvalue weighted by atomic mass is 19.1. The molecule has 0 spiro atoms. The van der Waals surface area contributed by atoms with Crippen LogP contribution in [0.3, 0.4) is 0 Å². The number of aryl methyl sites for hydroxylation is 1. The molecular weight excluding hydrogens is 425 g/mol. The first kappa shape index (κ1) is 22.0. The summed E-state index contributed by atoms with van der Waals surface area (Å²) in [6.07, 6.45) is -0.451. The molecule has 1 amide bonds. The van der Waals surface area contributed by atoms with Crippen LogP contribution in [0.1, 0.15) is 22.3 Å². The second kappa shape index (κ2) is 9.12. The summed E-state index contributed by atoms with van der Waals surface area (Å²) in [5.74, 6) is -0.647. The molecule has 2 N–H and O–H groups in total. The molecule has 0 aromatic heterocycles. The van der Waals surface area contributed by atoms with Gasteiger partial charge in [-0.25, -0.2) is 24.4 Å². The van der Waals surface area contributed by atoms with Crippen molar-refractivity contribution in [3.8, 4) is 0 Å². The number of hydrazine groups is 1. The topological polar surface area (TPSA) is 89.0 Å². The zero-order valence-electron chi connectivity index (χ0n) is 18.1. The van der Waals surface area contributed by atoms with Crippen LogP contribution in [0.25, 0.3) is 0 Å². The van der Waals surface area contributed by atoms with Crippen molar-refractivity contribution in [3.63, 3.8) is 0 Å². The van der Waals surface area contributed by atoms with Crippen molar-refractivity contribution in [1.29, 1.82) is 0 Å². The third-order valence-electron chi connectivity index (χ3n) is 5.35. The Morgan fingerprint density at radius 3 is 2.33 bits per heavy atom. The molecule has 1 heterocycles. The van der Waals surface area contributed by atoms with Crippen molar-refractivity contribution >= 4 is 23.6 Å². The lowest BCUT2D eigenvalue weighted by atomic mass is 9.84. The van der Waals surface area contributed by atoms with Crippen LogP contribution in [-0.4, -0.2) is 25.1 Å². The molecule has 0 aliphatic carbocycles. The second-order valence-electron chi connectivity index (χ2n) is 7.65. The smallest absolute Gasteiger partial charge is 0.425 e. The van der Waals surface area contributed by atoms with Crippen LogP contribution < -0.4 is 10.9 Å². The van der Waals surface area contributed by atoms with E-state index in [1.54, 1.807) is 36.4 Å². The third kappa shape index (κ3) is 4.69. The Hall–Kier alpha value is -4.20. The van der Waals surface area contributed by atoms with Crippen molar-refractivity contribution in [3.05, 3.63) is 101 Å². The van der Waals surface area contributed by atoms with Crippen LogP contribution in [0.4, 0.5) is 14.9 Å². The lowest BCUT2D eigenvalue weighted by Gasteiger charge is -2.23. The van der Waals surface area contributed by atoms with Crippen molar-refractivity contribution in [2.45, 2.75) is 18.9 Å². The largest absolute Gasteiger partial charge is 0.452 e. The predicted octanol–water partition coefficient (Wildman–Crippen LogP) is 4.26. The highest BCUT2D eigenvalue weighted by Gasteiger charge is 2.48. The Bertz CT molecular complexity index is 1190. The number of esters is 1. The first-order valence-corrected chi connectivity index (χ1v) is 10.2. The second-order valence-corrected chi connectivity index (χ2v) is 7.65. The van der Waals surface area contributed by atoms with Gasteiger partial charge in [0, 0.05) is 12.0 Å². The molecule has 0 bridgehead atoms. The Labute approximate surface area is 190 Å². The van der Waals surface area contributed by atoms with E-state index in [4.69, 9.17) is 9.73 Å². The van der Waals surface area contributed by atoms with Gasteiger partial charge in [0.25, 0.3) is 0 Å². The van der Waals surface area contributed by atoms with Gasteiger partial charge in [0.1, 0.15) is 5.82 Å². The minimum Gasteiger partial charge on any atom is -0.452 e. The number of anilines is 1. The number of cyclic esters (lactones) is 1. The van der Waals surface area contributed by atoms with Gasteiger partial charge in [-0.2, -0.15) is 0 Å². The minimum absolute atomic E-state index is 0.189. The van der Waals surface area contributed by atoms with Crippen LogP contribution in [0.2, 0.25) is 0 Å². The third-order valence-corrected chi connectivity index (χ3v) is 5.35. The molecule has 7 nitrogen and oxygen atoms in total. The number of hydrogen-bond acceptors (Lipinski definition) is 6. The molecule has 0 saturated carbocycles. The lowest BCUT2D eigenvalue weighted by molar-refractivity contribution is -0.139. The Kier molecular flexibility index (Phi) is 6.08. The van der Waals surface area contributed by atoms with Crippen LogP contribution in [0, 0.1) is 12.7 Å². The maximum Gasteiger partial charge on any atom is 0.425 e. The van der Waals surface area contributed by atoms with Gasteiger partial charge in [0.15, 0.2) is 5.54 Å². The van der Waals surface area contributed by atoms with E-state index < -0.39 is 17.6 Å². The molecule has 1 atom stereocenters. The number of aliphatic imine (C=N–C) groups is 1. The molecular formula is C25H22FN3O4. The molecule has 0 radical (unpaired) electrons. The monoisotopic (exact) mass is 447 g/mol. The van der Waals surface area contributed by atoms with Gasteiger partial charge in [-0.15, -0.1) is 0 Å². The van der Waals surface area contributed by atoms with Crippen molar-refractivity contribution < 1.29 is 23.5 Å². The number of carbonyl (C=O) groups is 2. The quantitative estimate of drug-likeness (QED) is 0.435. The molecule has 1 aliphatic heterocycles. The van der Waals surface area contributed by atoms with Gasteiger partial charge in [-0.05, 0) is 54.4 Å². The van der Waals surface area contributed by atoms with Crippen LogP contribution in [0.5, 0.6) is 0 Å². The van der Waals surface area contributed by atoms with E-state index in [-0.39, 0.29) is 18.1 Å². The van der Waals surface area contributed by atoms with Crippen LogP contribution in [-0.2, 0) is 26.2 Å². The fourth-order valence-corrected chi connectivity index (χ4v) is 3.53. The van der Waals surface area contributed by atoms with Crippen LogP contribution >= 0.6 is 0 Å². The Morgan fingerprint density at radius 2 is 1.70 bits per heavy atom. The number of halogens is 1. The van der Waals surface area contributed by atoms with Crippen LogP contribution in [0.15, 0.2) is 77.8 Å². The maximum absolute atomic E-state index is 13.4. The zero-order valence-corrected chi connectivity index (χ0v) is 18.1. The number of methoxy groups -OCH3 is 1. The summed E-state index contributed by atoms with van der Waals surface area (Å²) >= 11 is 0. The molecule has 33 heavy (non-hydrogen) atoms. The normalized spacial score (nSPS) is 17.2. The van der Waals surface area contributed by atoms with Gasteiger partial charge in [0.05, 0.1) is 12.8 Å². The average Bonchev–Trinajstić information content (AvgIpc) is 3.16. The van der Waals surface area contributed by atoms with E-state index in [2.05, 4.69) is 15.6 Å². The van der Waals surface area contributed by atoms with Gasteiger partial charge in [-0.1, -0.05) is 42.0 Å². The number of hydrogen-bond donors (Lipinski definition) is 2. The number of ether oxygens (including phenoxy) is 2. The minimum atomic E-state index is -1.34. The van der Waals surface area contributed by atoms with Crippen molar-refractivity contribution in [2.24, 2.45) is 4.99 Å². The lowest BCUT2D eigenvalue weighted by Crippen LogP contribution is -2.34. The number of benzene rings is 3. The van der Waals surface area contributed by atoms with E-state index in [1.807, 2.05) is 31.2 Å². The van der Waals surface area contributed by atoms with Crippen molar-refractivity contribution in [2.75, 3.05) is 12.5 Å². The number of nitrogens with zero attached hydrogens (tertiary/aromatic N) is 1. The fraction of sp³-hybridized carbons (Fsp3) is 0.160. The SMILES string of the molecule is COC(=O)NNc1ccc([C@@]2(Cc3ccc(F)cc3)N=C(c3ccc(C)cc3)OC2=O)cc1. The summed E-state index contributed by atoms with van der Waals surface area (Å²) in [6.45, 7) is 1.97. The highest BCUT2D eigenvalue weighted by molar-refractivity contribution is 6.08. The molecule has 8 heteroatoms. The van der Waals surface area contributed by atoms with E-state index in [0.29, 0.717) is 16.8 Å². The first-order valence-electron chi connectivity index (χ1n) is 10.2. The highest BCUT2D eigenvalue weighted by Crippen LogP contribution is 2.37. The fourth-order valence-electron chi connectivity index (χ4n) is 3.53. The molecule has 3 aromatic rings. The maximum atomic E-state index is 13.4. The summed E-state index contributed by atoms with van der Waals surface area (Å²) < 4.78 is 23.6. The standard InChI is InChI=1S/C25H22FN3O4/c1-16-3-7-18(8-4-16)22-27-25(23(30)33-22,15-17-5-11-20(26)12-6-17)19-9-13-21(14-10-19)28-29-24(31)32-2/h3-14,28H,15H2,1-2H3,(H,29,31)/t25-/m1/s1. The molecule has 4 rings (SSSR count). The summed E-state index contributed by atoms with van der Waals surface area (Å²) in [7, 11) is 1.26. The molecule has 3 aromatic carbocycles. The predicted molar refractivity (Wildman–Crippen MR) is 121 cm³/mol. The molecule has 1 aliphatic rings. The molecule has 0 saturated heterocycles. The van der Waals surface area contributed by atoms with Crippen molar-refractivity contribution in [1.82, 2.24) is 5.43 Å². The number of amides is 1. The van der Waals surface area contributed by atoms with Gasteiger partial charge < -0.3 is 9.47 Å². The average molecular weight is 447 g/mol.